The largest absolute Gasteiger partial charge is 0.481 e. The van der Waals surface area contributed by atoms with Crippen LogP contribution in [0.5, 0.6) is 0 Å². The van der Waals surface area contributed by atoms with Gasteiger partial charge in [-0.3, -0.25) is 9.59 Å². The summed E-state index contributed by atoms with van der Waals surface area (Å²) in [5.41, 5.74) is 0.774. The van der Waals surface area contributed by atoms with Gasteiger partial charge in [0.1, 0.15) is 5.75 Å². The van der Waals surface area contributed by atoms with Crippen molar-refractivity contribution in [1.29, 1.82) is 0 Å². The van der Waals surface area contributed by atoms with E-state index in [0.29, 0.717) is 5.02 Å². The number of hydrogen-bond donors (Lipinski definition) is 1. The van der Waals surface area contributed by atoms with Gasteiger partial charge in [-0.25, -0.2) is 8.42 Å². The van der Waals surface area contributed by atoms with Gasteiger partial charge in [-0.1, -0.05) is 30.7 Å². The van der Waals surface area contributed by atoms with Crippen LogP contribution in [0.3, 0.4) is 0 Å². The maximum Gasteiger partial charge on any atom is 0.308 e. The number of aliphatic carboxylic acids is 1. The highest BCUT2D eigenvalue weighted by molar-refractivity contribution is 7.92. The number of likely N-dealkylation sites (tertiary alicyclic amines) is 1. The molecule has 23 heavy (non-hydrogen) atoms. The van der Waals surface area contributed by atoms with Gasteiger partial charge in [0.05, 0.1) is 5.92 Å². The van der Waals surface area contributed by atoms with Crippen molar-refractivity contribution in [2.24, 2.45) is 5.92 Å². The number of halogens is 1. The van der Waals surface area contributed by atoms with Crippen molar-refractivity contribution < 1.29 is 23.1 Å². The average Bonchev–Trinajstić information content (AvgIpc) is 2.93. The Kier molecular flexibility index (Phi) is 5.31. The van der Waals surface area contributed by atoms with Gasteiger partial charge in [0.25, 0.3) is 0 Å². The Morgan fingerprint density at radius 3 is 2.39 bits per heavy atom. The summed E-state index contributed by atoms with van der Waals surface area (Å²) in [7, 11) is -3.44. The topological polar surface area (TPSA) is 91.8 Å². The molecule has 0 spiro atoms. The first kappa shape index (κ1) is 17.7. The highest BCUT2D eigenvalue weighted by Gasteiger charge is 2.40. The van der Waals surface area contributed by atoms with Crippen LogP contribution in [0.4, 0.5) is 0 Å². The van der Waals surface area contributed by atoms with Crippen LogP contribution in [0.2, 0.25) is 5.02 Å². The Labute approximate surface area is 140 Å². The first-order valence-electron chi connectivity index (χ1n) is 7.20. The fourth-order valence-electron chi connectivity index (χ4n) is 2.69. The molecular formula is C15H18ClNO5S. The number of rotatable bonds is 5. The SMILES string of the molecule is CCS(=O)(=O)CC(=O)N1C[C@@H](C(=O)O)[C@H](c2ccc(Cl)cc2)C1. The third-order valence-electron chi connectivity index (χ3n) is 4.07. The third kappa shape index (κ3) is 4.23. The molecule has 2 rings (SSSR count). The Balaban J connectivity index is 2.19. The van der Waals surface area contributed by atoms with Crippen molar-refractivity contribution in [3.8, 4) is 0 Å². The van der Waals surface area contributed by atoms with Gasteiger partial charge < -0.3 is 10.0 Å². The van der Waals surface area contributed by atoms with Gasteiger partial charge in [-0.05, 0) is 17.7 Å². The predicted octanol–water partition coefficient (Wildman–Crippen LogP) is 1.40. The lowest BCUT2D eigenvalue weighted by Crippen LogP contribution is -2.35. The summed E-state index contributed by atoms with van der Waals surface area (Å²) in [5, 5.41) is 9.94. The predicted molar refractivity (Wildman–Crippen MR) is 86.2 cm³/mol. The fraction of sp³-hybridized carbons (Fsp3) is 0.467. The van der Waals surface area contributed by atoms with Gasteiger partial charge in [0.2, 0.25) is 5.91 Å². The molecule has 1 heterocycles. The molecule has 0 bridgehead atoms. The number of carbonyl (C=O) groups is 2. The van der Waals surface area contributed by atoms with Crippen LogP contribution in [-0.2, 0) is 19.4 Å². The second-order valence-corrected chi connectivity index (χ2v) is 8.37. The summed E-state index contributed by atoms with van der Waals surface area (Å²) in [6, 6.07) is 6.81. The zero-order valence-corrected chi connectivity index (χ0v) is 14.2. The molecule has 0 unspecified atom stereocenters. The number of carbonyl (C=O) groups excluding carboxylic acids is 1. The number of benzene rings is 1. The van der Waals surface area contributed by atoms with Crippen molar-refractivity contribution in [1.82, 2.24) is 4.90 Å². The van der Waals surface area contributed by atoms with Gasteiger partial charge in [-0.2, -0.15) is 0 Å². The highest BCUT2D eigenvalue weighted by Crippen LogP contribution is 2.33. The lowest BCUT2D eigenvalue weighted by molar-refractivity contribution is -0.141. The van der Waals surface area contributed by atoms with Crippen LogP contribution in [0.15, 0.2) is 24.3 Å². The highest BCUT2D eigenvalue weighted by atomic mass is 35.5. The van der Waals surface area contributed by atoms with E-state index < -0.39 is 33.4 Å². The van der Waals surface area contributed by atoms with Crippen LogP contribution in [0.1, 0.15) is 18.4 Å². The second-order valence-electron chi connectivity index (χ2n) is 5.58. The quantitative estimate of drug-likeness (QED) is 0.858. The maximum atomic E-state index is 12.2. The van der Waals surface area contributed by atoms with E-state index in [1.54, 1.807) is 24.3 Å². The van der Waals surface area contributed by atoms with E-state index >= 15 is 0 Å². The third-order valence-corrected chi connectivity index (χ3v) is 5.89. The standard InChI is InChI=1S/C15H18ClNO5S/c1-2-23(21,22)9-14(18)17-7-12(13(8-17)15(19)20)10-3-5-11(16)6-4-10/h3-6,12-13H,2,7-9H2,1H3,(H,19,20)/t12-,13+/m0/s1. The number of carboxylic acids is 1. The maximum absolute atomic E-state index is 12.2. The minimum Gasteiger partial charge on any atom is -0.481 e. The van der Waals surface area contributed by atoms with Gasteiger partial charge in [0.15, 0.2) is 9.84 Å². The molecule has 1 aromatic rings. The van der Waals surface area contributed by atoms with Gasteiger partial charge in [-0.15, -0.1) is 0 Å². The van der Waals surface area contributed by atoms with E-state index in [2.05, 4.69) is 0 Å². The monoisotopic (exact) mass is 359 g/mol. The van der Waals surface area contributed by atoms with Gasteiger partial charge >= 0.3 is 5.97 Å². The van der Waals surface area contributed by atoms with E-state index in [4.69, 9.17) is 11.6 Å². The van der Waals surface area contributed by atoms with Crippen molar-refractivity contribution in [3.05, 3.63) is 34.9 Å². The minimum atomic E-state index is -3.44. The van der Waals surface area contributed by atoms with Crippen LogP contribution in [0, 0.1) is 5.92 Å². The first-order chi connectivity index (χ1) is 10.7. The Bertz CT molecular complexity index is 701. The van der Waals surface area contributed by atoms with Crippen molar-refractivity contribution >= 4 is 33.3 Å². The molecule has 1 aromatic carbocycles. The van der Waals surface area contributed by atoms with Crippen molar-refractivity contribution in [2.45, 2.75) is 12.8 Å². The number of amides is 1. The summed E-state index contributed by atoms with van der Waals surface area (Å²) in [5.74, 6) is -3.38. The second kappa shape index (κ2) is 6.88. The molecule has 1 amide bonds. The number of carboxylic acid groups (broad SMARTS) is 1. The van der Waals surface area contributed by atoms with Crippen LogP contribution in [0.25, 0.3) is 0 Å². The minimum absolute atomic E-state index is 0.0146. The van der Waals surface area contributed by atoms with Crippen molar-refractivity contribution in [3.63, 3.8) is 0 Å². The Hall–Kier alpha value is -1.60. The van der Waals surface area contributed by atoms with E-state index in [1.807, 2.05) is 0 Å². The molecule has 1 fully saturated rings. The summed E-state index contributed by atoms with van der Waals surface area (Å²) >= 11 is 5.84. The fourth-order valence-corrected chi connectivity index (χ4v) is 3.58. The zero-order chi connectivity index (χ0) is 17.2. The summed E-state index contributed by atoms with van der Waals surface area (Å²) < 4.78 is 23.2. The number of sulfone groups is 1. The van der Waals surface area contributed by atoms with E-state index in [9.17, 15) is 23.1 Å². The molecule has 1 N–H and O–H groups in total. The molecule has 8 heteroatoms. The summed E-state index contributed by atoms with van der Waals surface area (Å²) in [4.78, 5) is 25.0. The molecular weight excluding hydrogens is 342 g/mol. The lowest BCUT2D eigenvalue weighted by Gasteiger charge is -2.16. The Morgan fingerprint density at radius 2 is 1.87 bits per heavy atom. The first-order valence-corrected chi connectivity index (χ1v) is 9.40. The molecule has 0 radical (unpaired) electrons. The number of hydrogen-bond acceptors (Lipinski definition) is 4. The summed E-state index contributed by atoms with van der Waals surface area (Å²) in [6.45, 7) is 1.68. The average molecular weight is 360 g/mol. The van der Waals surface area contributed by atoms with E-state index in [0.717, 1.165) is 5.56 Å². The normalized spacial score (nSPS) is 21.4. The zero-order valence-electron chi connectivity index (χ0n) is 12.6. The molecule has 0 aliphatic carbocycles. The molecule has 1 aliphatic heterocycles. The molecule has 0 saturated carbocycles. The van der Waals surface area contributed by atoms with Crippen LogP contribution < -0.4 is 0 Å². The van der Waals surface area contributed by atoms with E-state index in [-0.39, 0.29) is 24.8 Å². The van der Waals surface area contributed by atoms with Crippen LogP contribution in [-0.4, -0.2) is 54.9 Å². The Morgan fingerprint density at radius 1 is 1.26 bits per heavy atom. The molecule has 126 valence electrons. The molecule has 1 saturated heterocycles. The summed E-state index contributed by atoms with van der Waals surface area (Å²) in [6.07, 6.45) is 0. The van der Waals surface area contributed by atoms with Crippen LogP contribution >= 0.6 is 11.6 Å². The van der Waals surface area contributed by atoms with Gasteiger partial charge in [0, 0.05) is 29.8 Å². The van der Waals surface area contributed by atoms with Crippen molar-refractivity contribution in [2.75, 3.05) is 24.6 Å². The molecule has 1 aliphatic rings. The lowest BCUT2D eigenvalue weighted by atomic mass is 9.89. The number of nitrogens with zero attached hydrogens (tertiary/aromatic N) is 1. The smallest absolute Gasteiger partial charge is 0.308 e. The molecule has 6 nitrogen and oxygen atoms in total. The molecule has 0 aromatic heterocycles. The van der Waals surface area contributed by atoms with E-state index in [1.165, 1.54) is 11.8 Å². The molecule has 2 atom stereocenters.